The zero-order valence-electron chi connectivity index (χ0n) is 11.6. The minimum Gasteiger partial charge on any atom is -0.392 e. The van der Waals surface area contributed by atoms with Gasteiger partial charge in [0.05, 0.1) is 16.9 Å². The van der Waals surface area contributed by atoms with Crippen LogP contribution in [0, 0.1) is 0 Å². The van der Waals surface area contributed by atoms with Crippen molar-refractivity contribution in [2.24, 2.45) is 5.73 Å². The van der Waals surface area contributed by atoms with Gasteiger partial charge in [0.15, 0.2) is 0 Å². The minimum atomic E-state index is -0.203. The van der Waals surface area contributed by atoms with E-state index in [1.165, 1.54) is 0 Å². The molecule has 0 fully saturated rings. The Morgan fingerprint density at radius 3 is 2.42 bits per heavy atom. The second-order valence-electron chi connectivity index (χ2n) is 4.62. The van der Waals surface area contributed by atoms with E-state index in [0.29, 0.717) is 4.99 Å². The maximum Gasteiger partial charge on any atom is 0.228 e. The summed E-state index contributed by atoms with van der Waals surface area (Å²) in [6, 6.07) is 9.59. The van der Waals surface area contributed by atoms with Gasteiger partial charge in [-0.1, -0.05) is 62.8 Å². The van der Waals surface area contributed by atoms with Crippen LogP contribution in [0.5, 0.6) is 0 Å². The van der Waals surface area contributed by atoms with E-state index in [1.807, 2.05) is 44.2 Å². The molecule has 0 heterocycles. The van der Waals surface area contributed by atoms with Gasteiger partial charge in [-0.3, -0.25) is 4.79 Å². The van der Waals surface area contributed by atoms with E-state index < -0.39 is 0 Å². The van der Waals surface area contributed by atoms with E-state index in [1.54, 1.807) is 0 Å². The second-order valence-corrected chi connectivity index (χ2v) is 5.10. The van der Waals surface area contributed by atoms with Gasteiger partial charge in [0, 0.05) is 0 Å². The number of nitrogens with two attached hydrogens (primary N) is 1. The van der Waals surface area contributed by atoms with Crippen molar-refractivity contribution in [3.05, 3.63) is 35.9 Å². The Bertz CT molecular complexity index is 419. The molecule has 0 spiro atoms. The molecule has 0 aliphatic rings. The normalized spacial score (nSPS) is 13.6. The van der Waals surface area contributed by atoms with Gasteiger partial charge in [0.2, 0.25) is 5.91 Å². The second kappa shape index (κ2) is 7.89. The van der Waals surface area contributed by atoms with E-state index in [4.69, 9.17) is 18.0 Å². The molecule has 0 saturated heterocycles. The molecule has 1 aromatic rings. The van der Waals surface area contributed by atoms with E-state index >= 15 is 0 Å². The van der Waals surface area contributed by atoms with E-state index in [2.05, 4.69) is 5.32 Å². The lowest BCUT2D eigenvalue weighted by Gasteiger charge is -2.21. The smallest absolute Gasteiger partial charge is 0.228 e. The van der Waals surface area contributed by atoms with Crippen LogP contribution in [0.4, 0.5) is 0 Å². The Hall–Kier alpha value is -1.42. The molecular formula is C15H22N2OS. The molecule has 4 heteroatoms. The molecule has 3 nitrogen and oxygen atoms in total. The number of rotatable bonds is 7. The van der Waals surface area contributed by atoms with Gasteiger partial charge >= 0.3 is 0 Å². The number of carbonyl (C=O) groups excluding carboxylic acids is 1. The van der Waals surface area contributed by atoms with Gasteiger partial charge in [-0.25, -0.2) is 0 Å². The highest BCUT2D eigenvalue weighted by Gasteiger charge is 2.22. The predicted molar refractivity (Wildman–Crippen MR) is 83.1 cm³/mol. The van der Waals surface area contributed by atoms with E-state index in [9.17, 15) is 4.79 Å². The van der Waals surface area contributed by atoms with Gasteiger partial charge in [-0.15, -0.1) is 0 Å². The lowest BCUT2D eigenvalue weighted by atomic mass is 9.95. The molecule has 104 valence electrons. The van der Waals surface area contributed by atoms with Crippen molar-refractivity contribution in [3.63, 3.8) is 0 Å². The molecule has 0 aliphatic carbocycles. The number of carbonyl (C=O) groups is 1. The maximum absolute atomic E-state index is 12.3. The van der Waals surface area contributed by atoms with Crippen LogP contribution in [-0.4, -0.2) is 16.9 Å². The number of amides is 1. The minimum absolute atomic E-state index is 0.0000463. The van der Waals surface area contributed by atoms with Crippen LogP contribution in [0.2, 0.25) is 0 Å². The molecule has 2 atom stereocenters. The van der Waals surface area contributed by atoms with Gasteiger partial charge in [0.25, 0.3) is 0 Å². The first kappa shape index (κ1) is 15.6. The molecule has 3 N–H and O–H groups in total. The Morgan fingerprint density at radius 2 is 1.95 bits per heavy atom. The van der Waals surface area contributed by atoms with Crippen molar-refractivity contribution in [2.45, 2.75) is 45.1 Å². The first-order chi connectivity index (χ1) is 9.10. The Kier molecular flexibility index (Phi) is 6.50. The number of thiocarbonyl (C=S) groups is 1. The molecule has 1 rings (SSSR count). The average Bonchev–Trinajstić information content (AvgIpc) is 2.40. The van der Waals surface area contributed by atoms with Crippen molar-refractivity contribution in [1.82, 2.24) is 5.32 Å². The zero-order chi connectivity index (χ0) is 14.3. The number of nitrogens with one attached hydrogen (secondary N) is 1. The van der Waals surface area contributed by atoms with Crippen LogP contribution < -0.4 is 11.1 Å². The van der Waals surface area contributed by atoms with Crippen LogP contribution in [0.15, 0.2) is 30.3 Å². The van der Waals surface area contributed by atoms with Crippen molar-refractivity contribution >= 4 is 23.1 Å². The summed E-state index contributed by atoms with van der Waals surface area (Å²) in [5, 5.41) is 2.96. The summed E-state index contributed by atoms with van der Waals surface area (Å²) in [6.07, 6.45) is 2.47. The lowest BCUT2D eigenvalue weighted by molar-refractivity contribution is -0.123. The summed E-state index contributed by atoms with van der Waals surface area (Å²) in [6.45, 7) is 4.05. The zero-order valence-corrected chi connectivity index (χ0v) is 12.4. The standard InChI is InChI=1S/C15H22N2OS/c1-3-8-13(14(16)19)17-15(18)12(4-2)11-9-6-5-7-10-11/h5-7,9-10,12-13H,3-4,8H2,1-2H3,(H2,16,19)(H,17,18). The van der Waals surface area contributed by atoms with Gasteiger partial charge in [0.1, 0.15) is 0 Å². The third kappa shape index (κ3) is 4.63. The third-order valence-electron chi connectivity index (χ3n) is 3.16. The molecule has 0 saturated carbocycles. The molecule has 0 aromatic heterocycles. The molecule has 1 amide bonds. The fourth-order valence-corrected chi connectivity index (χ4v) is 2.28. The lowest BCUT2D eigenvalue weighted by Crippen LogP contribution is -2.45. The number of hydrogen-bond donors (Lipinski definition) is 2. The van der Waals surface area contributed by atoms with Gasteiger partial charge in [-0.05, 0) is 18.4 Å². The summed E-state index contributed by atoms with van der Waals surface area (Å²) >= 11 is 5.00. The number of benzene rings is 1. The molecule has 19 heavy (non-hydrogen) atoms. The SMILES string of the molecule is CCCC(NC(=O)C(CC)c1ccccc1)C(N)=S. The Morgan fingerprint density at radius 1 is 1.32 bits per heavy atom. The summed E-state index contributed by atoms with van der Waals surface area (Å²) < 4.78 is 0. The van der Waals surface area contributed by atoms with Crippen LogP contribution >= 0.6 is 12.2 Å². The largest absolute Gasteiger partial charge is 0.392 e. The first-order valence-electron chi connectivity index (χ1n) is 6.74. The van der Waals surface area contributed by atoms with Gasteiger partial charge in [-0.2, -0.15) is 0 Å². The van der Waals surface area contributed by atoms with Crippen LogP contribution in [0.1, 0.15) is 44.6 Å². The maximum atomic E-state index is 12.3. The summed E-state index contributed by atoms with van der Waals surface area (Å²) in [7, 11) is 0. The van der Waals surface area contributed by atoms with Gasteiger partial charge < -0.3 is 11.1 Å². The Labute approximate surface area is 120 Å². The topological polar surface area (TPSA) is 55.1 Å². The summed E-state index contributed by atoms with van der Waals surface area (Å²) in [5.41, 5.74) is 6.70. The fraction of sp³-hybridized carbons (Fsp3) is 0.467. The first-order valence-corrected chi connectivity index (χ1v) is 7.15. The van der Waals surface area contributed by atoms with Crippen molar-refractivity contribution in [3.8, 4) is 0 Å². The highest BCUT2D eigenvalue weighted by Crippen LogP contribution is 2.19. The summed E-state index contributed by atoms with van der Waals surface area (Å²) in [4.78, 5) is 12.7. The fourth-order valence-electron chi connectivity index (χ4n) is 2.10. The average molecular weight is 278 g/mol. The highest BCUT2D eigenvalue weighted by molar-refractivity contribution is 7.80. The van der Waals surface area contributed by atoms with Crippen LogP contribution in [-0.2, 0) is 4.79 Å². The van der Waals surface area contributed by atoms with E-state index in [0.717, 1.165) is 24.8 Å². The third-order valence-corrected chi connectivity index (χ3v) is 3.45. The van der Waals surface area contributed by atoms with E-state index in [-0.39, 0.29) is 17.9 Å². The molecule has 0 bridgehead atoms. The monoisotopic (exact) mass is 278 g/mol. The molecule has 1 aromatic carbocycles. The van der Waals surface area contributed by atoms with Crippen molar-refractivity contribution in [1.29, 1.82) is 0 Å². The number of hydrogen-bond acceptors (Lipinski definition) is 2. The Balaban J connectivity index is 2.76. The summed E-state index contributed by atoms with van der Waals surface area (Å²) in [5.74, 6) is -0.144. The van der Waals surface area contributed by atoms with Crippen molar-refractivity contribution < 1.29 is 4.79 Å². The van der Waals surface area contributed by atoms with Crippen LogP contribution in [0.25, 0.3) is 0 Å². The van der Waals surface area contributed by atoms with Crippen LogP contribution in [0.3, 0.4) is 0 Å². The van der Waals surface area contributed by atoms with Crippen molar-refractivity contribution in [2.75, 3.05) is 0 Å². The predicted octanol–water partition coefficient (Wildman–Crippen LogP) is 2.75. The molecule has 0 radical (unpaired) electrons. The molecule has 0 aliphatic heterocycles. The highest BCUT2D eigenvalue weighted by atomic mass is 32.1. The quantitative estimate of drug-likeness (QED) is 0.754. The molecule has 2 unspecified atom stereocenters. The molecular weight excluding hydrogens is 256 g/mol.